The van der Waals surface area contributed by atoms with Crippen molar-refractivity contribution in [2.45, 2.75) is 43.4 Å². The molecule has 0 aromatic heterocycles. The van der Waals surface area contributed by atoms with Crippen molar-refractivity contribution in [1.82, 2.24) is 10.2 Å². The zero-order chi connectivity index (χ0) is 25.9. The second-order valence-electron chi connectivity index (χ2n) is 8.93. The Bertz CT molecular complexity index is 899. The van der Waals surface area contributed by atoms with Crippen LogP contribution in [0.4, 0.5) is 5.69 Å². The van der Waals surface area contributed by atoms with Crippen LogP contribution in [-0.2, 0) is 14.3 Å². The second kappa shape index (κ2) is 14.2. The molecule has 11 heteroatoms. The molecule has 11 nitrogen and oxygen atoms in total. The molecule has 2 heterocycles. The summed E-state index contributed by atoms with van der Waals surface area (Å²) < 4.78 is 11.0. The second-order valence-corrected chi connectivity index (χ2v) is 8.93. The number of aliphatic hydroxyl groups is 4. The van der Waals surface area contributed by atoms with Gasteiger partial charge in [-0.25, -0.2) is 0 Å². The predicted octanol–water partition coefficient (Wildman–Crippen LogP) is -0.924. The van der Waals surface area contributed by atoms with Crippen LogP contribution in [0.5, 0.6) is 0 Å². The van der Waals surface area contributed by atoms with Gasteiger partial charge in [0.05, 0.1) is 19.3 Å². The molecule has 0 spiro atoms. The first kappa shape index (κ1) is 28.0. The standard InChI is InChI=1S/C25H36N4O7/c26-15-18(14-17-3-5-19(6-4-17)27-7-8-29-9-12-35-13-10-29)25(34)28-16-21-23(32)24(33)22(31)20(36-21)2-1-11-30/h3-6,14,20-24,27,30-33H,1-2,7-13,16H2,(H,28,34)/b18-14+/t20?,21-,22+,23-,24-/m1/s1. The van der Waals surface area contributed by atoms with Crippen molar-refractivity contribution in [3.05, 3.63) is 35.4 Å². The lowest BCUT2D eigenvalue weighted by Gasteiger charge is -2.40. The van der Waals surface area contributed by atoms with Crippen LogP contribution in [0, 0.1) is 11.3 Å². The number of anilines is 1. The fourth-order valence-corrected chi connectivity index (χ4v) is 4.21. The van der Waals surface area contributed by atoms with Gasteiger partial charge in [-0.15, -0.1) is 0 Å². The molecule has 6 N–H and O–H groups in total. The van der Waals surface area contributed by atoms with E-state index in [1.54, 1.807) is 12.1 Å². The molecule has 0 bridgehead atoms. The lowest BCUT2D eigenvalue weighted by atomic mass is 9.92. The van der Waals surface area contributed by atoms with Gasteiger partial charge in [0.2, 0.25) is 0 Å². The highest BCUT2D eigenvalue weighted by Crippen LogP contribution is 2.24. The maximum Gasteiger partial charge on any atom is 0.262 e. The molecule has 1 aromatic carbocycles. The third-order valence-electron chi connectivity index (χ3n) is 6.37. The molecule has 198 valence electrons. The number of nitrogens with one attached hydrogen (secondary N) is 2. The topological polar surface area (TPSA) is 168 Å². The Labute approximate surface area is 210 Å². The number of hydrogen-bond acceptors (Lipinski definition) is 10. The predicted molar refractivity (Wildman–Crippen MR) is 132 cm³/mol. The van der Waals surface area contributed by atoms with Gasteiger partial charge in [0.15, 0.2) is 0 Å². The van der Waals surface area contributed by atoms with E-state index in [2.05, 4.69) is 15.5 Å². The third kappa shape index (κ3) is 7.97. The number of nitriles is 1. The fourth-order valence-electron chi connectivity index (χ4n) is 4.21. The highest BCUT2D eigenvalue weighted by Gasteiger charge is 2.43. The van der Waals surface area contributed by atoms with E-state index >= 15 is 0 Å². The Morgan fingerprint density at radius 2 is 1.81 bits per heavy atom. The maximum atomic E-state index is 12.6. The quantitative estimate of drug-likeness (QED) is 0.164. The molecule has 2 aliphatic heterocycles. The molecule has 3 rings (SSSR count). The number of rotatable bonds is 11. The molecule has 0 saturated carbocycles. The summed E-state index contributed by atoms with van der Waals surface area (Å²) in [5.41, 5.74) is 1.49. The number of morpholine rings is 1. The highest BCUT2D eigenvalue weighted by atomic mass is 16.5. The van der Waals surface area contributed by atoms with Crippen molar-refractivity contribution in [1.29, 1.82) is 5.26 Å². The maximum absolute atomic E-state index is 12.6. The minimum Gasteiger partial charge on any atom is -0.396 e. The van der Waals surface area contributed by atoms with Gasteiger partial charge in [0.1, 0.15) is 36.1 Å². The number of carbonyl (C=O) groups excluding carboxylic acids is 1. The molecule has 36 heavy (non-hydrogen) atoms. The van der Waals surface area contributed by atoms with E-state index < -0.39 is 36.4 Å². The molecule has 1 aromatic rings. The smallest absolute Gasteiger partial charge is 0.262 e. The summed E-state index contributed by atoms with van der Waals surface area (Å²) in [7, 11) is 0. The number of nitrogens with zero attached hydrogens (tertiary/aromatic N) is 2. The summed E-state index contributed by atoms with van der Waals surface area (Å²) >= 11 is 0. The molecule has 1 unspecified atom stereocenters. The van der Waals surface area contributed by atoms with Gasteiger partial charge in [-0.05, 0) is 36.6 Å². The summed E-state index contributed by atoms with van der Waals surface area (Å²) in [4.78, 5) is 14.9. The minimum atomic E-state index is -1.45. The Morgan fingerprint density at radius 3 is 2.47 bits per heavy atom. The van der Waals surface area contributed by atoms with Crippen LogP contribution in [0.15, 0.2) is 29.8 Å². The Balaban J connectivity index is 1.50. The number of aliphatic hydroxyl groups excluding tert-OH is 4. The molecule has 5 atom stereocenters. The van der Waals surface area contributed by atoms with Gasteiger partial charge in [-0.2, -0.15) is 5.26 Å². The van der Waals surface area contributed by atoms with Crippen LogP contribution < -0.4 is 10.6 Å². The highest BCUT2D eigenvalue weighted by molar-refractivity contribution is 6.01. The monoisotopic (exact) mass is 504 g/mol. The fraction of sp³-hybridized carbons (Fsp3) is 0.600. The van der Waals surface area contributed by atoms with Gasteiger partial charge < -0.3 is 40.5 Å². The van der Waals surface area contributed by atoms with E-state index in [0.717, 1.165) is 45.1 Å². The Kier molecular flexibility index (Phi) is 11.1. The van der Waals surface area contributed by atoms with Crippen molar-refractivity contribution < 1.29 is 34.7 Å². The molecule has 1 amide bonds. The number of benzene rings is 1. The molecular weight excluding hydrogens is 468 g/mol. The first-order chi connectivity index (χ1) is 17.4. The summed E-state index contributed by atoms with van der Waals surface area (Å²) in [5.74, 6) is -0.645. The first-order valence-corrected chi connectivity index (χ1v) is 12.3. The van der Waals surface area contributed by atoms with E-state index in [-0.39, 0.29) is 25.1 Å². The van der Waals surface area contributed by atoms with Gasteiger partial charge in [-0.1, -0.05) is 12.1 Å². The zero-order valence-corrected chi connectivity index (χ0v) is 20.3. The average molecular weight is 505 g/mol. The molecule has 2 fully saturated rings. The SMILES string of the molecule is N#C/C(=C\c1ccc(NCCN2CCOCC2)cc1)C(=O)NC[C@H]1OC(CCCO)[C@H](O)[C@@H](O)[C@@H]1O. The minimum absolute atomic E-state index is 0.103. The van der Waals surface area contributed by atoms with Gasteiger partial charge in [0, 0.05) is 45.0 Å². The summed E-state index contributed by atoms with van der Waals surface area (Å²) in [6.45, 7) is 4.84. The van der Waals surface area contributed by atoms with Crippen molar-refractivity contribution in [2.75, 3.05) is 57.9 Å². The van der Waals surface area contributed by atoms with Crippen LogP contribution in [0.2, 0.25) is 0 Å². The van der Waals surface area contributed by atoms with E-state index in [1.807, 2.05) is 18.2 Å². The van der Waals surface area contributed by atoms with Crippen LogP contribution in [-0.4, -0.2) is 114 Å². The van der Waals surface area contributed by atoms with Gasteiger partial charge >= 0.3 is 0 Å². The molecule has 2 saturated heterocycles. The van der Waals surface area contributed by atoms with Crippen molar-refractivity contribution in [3.63, 3.8) is 0 Å². The van der Waals surface area contributed by atoms with E-state index in [0.29, 0.717) is 12.0 Å². The lowest BCUT2D eigenvalue weighted by molar-refractivity contribution is -0.222. The largest absolute Gasteiger partial charge is 0.396 e. The molecular formula is C25H36N4O7. The normalized spacial score (nSPS) is 27.3. The Morgan fingerprint density at radius 1 is 1.11 bits per heavy atom. The van der Waals surface area contributed by atoms with Crippen molar-refractivity contribution >= 4 is 17.7 Å². The lowest BCUT2D eigenvalue weighted by Crippen LogP contribution is -2.60. The molecule has 2 aliphatic rings. The van der Waals surface area contributed by atoms with Crippen LogP contribution in [0.3, 0.4) is 0 Å². The third-order valence-corrected chi connectivity index (χ3v) is 6.37. The summed E-state index contributed by atoms with van der Waals surface area (Å²) in [6.07, 6.45) is -3.82. The average Bonchev–Trinajstić information content (AvgIpc) is 2.90. The van der Waals surface area contributed by atoms with Crippen LogP contribution >= 0.6 is 0 Å². The number of carbonyl (C=O) groups is 1. The number of amides is 1. The summed E-state index contributed by atoms with van der Waals surface area (Å²) in [6, 6.07) is 9.25. The van der Waals surface area contributed by atoms with Crippen molar-refractivity contribution in [3.8, 4) is 6.07 Å². The first-order valence-electron chi connectivity index (χ1n) is 12.3. The van der Waals surface area contributed by atoms with E-state index in [4.69, 9.17) is 14.6 Å². The van der Waals surface area contributed by atoms with Crippen LogP contribution in [0.25, 0.3) is 6.08 Å². The van der Waals surface area contributed by atoms with Crippen molar-refractivity contribution in [2.24, 2.45) is 0 Å². The summed E-state index contributed by atoms with van der Waals surface area (Å²) in [5, 5.41) is 54.8. The van der Waals surface area contributed by atoms with E-state index in [9.17, 15) is 25.4 Å². The zero-order valence-electron chi connectivity index (χ0n) is 20.3. The Hall–Kier alpha value is -2.56. The molecule has 0 aliphatic carbocycles. The number of hydrogen-bond donors (Lipinski definition) is 6. The van der Waals surface area contributed by atoms with E-state index in [1.165, 1.54) is 6.08 Å². The molecule has 0 radical (unpaired) electrons. The van der Waals surface area contributed by atoms with Gasteiger partial charge in [-0.3, -0.25) is 9.69 Å². The van der Waals surface area contributed by atoms with Gasteiger partial charge in [0.25, 0.3) is 5.91 Å². The van der Waals surface area contributed by atoms with Crippen LogP contribution in [0.1, 0.15) is 18.4 Å². The number of ether oxygens (including phenoxy) is 2.